The molecule has 1 aromatic heterocycles. The van der Waals surface area contributed by atoms with E-state index in [0.717, 1.165) is 25.3 Å². The molecular weight excluding hydrogens is 198 g/mol. The summed E-state index contributed by atoms with van der Waals surface area (Å²) < 4.78 is 0. The van der Waals surface area contributed by atoms with Gasteiger partial charge in [0.05, 0.1) is 5.69 Å². The van der Waals surface area contributed by atoms with Crippen LogP contribution in [-0.2, 0) is 6.54 Å². The van der Waals surface area contributed by atoms with Crippen LogP contribution in [0, 0.1) is 0 Å². The number of nitrogens with zero attached hydrogens (tertiary/aromatic N) is 2. The minimum atomic E-state index is 0.864. The summed E-state index contributed by atoms with van der Waals surface area (Å²) in [6.45, 7) is 6.42. The summed E-state index contributed by atoms with van der Waals surface area (Å²) in [6, 6.07) is 6.02. The second-order valence-electron chi connectivity index (χ2n) is 4.15. The molecule has 16 heavy (non-hydrogen) atoms. The van der Waals surface area contributed by atoms with Crippen LogP contribution in [0.4, 0.5) is 0 Å². The summed E-state index contributed by atoms with van der Waals surface area (Å²) in [7, 11) is 2.18. The van der Waals surface area contributed by atoms with E-state index in [1.807, 2.05) is 24.4 Å². The molecule has 0 bridgehead atoms. The third kappa shape index (κ3) is 5.83. The van der Waals surface area contributed by atoms with Crippen LogP contribution in [0.2, 0.25) is 0 Å². The van der Waals surface area contributed by atoms with Crippen LogP contribution in [-0.4, -0.2) is 36.6 Å². The molecule has 0 unspecified atom stereocenters. The van der Waals surface area contributed by atoms with Gasteiger partial charge in [-0.15, -0.1) is 0 Å². The van der Waals surface area contributed by atoms with Crippen molar-refractivity contribution in [1.29, 1.82) is 0 Å². The van der Waals surface area contributed by atoms with Gasteiger partial charge in [-0.1, -0.05) is 19.4 Å². The van der Waals surface area contributed by atoms with Gasteiger partial charge in [-0.3, -0.25) is 4.98 Å². The molecule has 0 atom stereocenters. The molecule has 1 aromatic rings. The molecule has 0 amide bonds. The average Bonchev–Trinajstić information content (AvgIpc) is 2.33. The summed E-state index contributed by atoms with van der Waals surface area (Å²) >= 11 is 0. The van der Waals surface area contributed by atoms with Crippen LogP contribution < -0.4 is 5.32 Å². The fourth-order valence-corrected chi connectivity index (χ4v) is 1.53. The minimum absolute atomic E-state index is 0.864. The maximum absolute atomic E-state index is 4.27. The summed E-state index contributed by atoms with van der Waals surface area (Å²) in [4.78, 5) is 6.64. The molecule has 0 saturated carbocycles. The Morgan fingerprint density at radius 3 is 2.88 bits per heavy atom. The molecule has 1 rings (SSSR count). The fourth-order valence-electron chi connectivity index (χ4n) is 1.53. The van der Waals surface area contributed by atoms with Gasteiger partial charge in [-0.25, -0.2) is 0 Å². The topological polar surface area (TPSA) is 28.2 Å². The first-order chi connectivity index (χ1) is 7.83. The van der Waals surface area contributed by atoms with Crippen molar-refractivity contribution in [1.82, 2.24) is 15.2 Å². The van der Waals surface area contributed by atoms with E-state index in [-0.39, 0.29) is 0 Å². The highest BCUT2D eigenvalue weighted by Gasteiger charge is 1.97. The average molecular weight is 221 g/mol. The SMILES string of the molecule is CCCCN(C)CCNCc1ccccn1. The number of likely N-dealkylation sites (N-methyl/N-ethyl adjacent to an activating group) is 1. The lowest BCUT2D eigenvalue weighted by atomic mass is 10.3. The van der Waals surface area contributed by atoms with Crippen molar-refractivity contribution in [3.8, 4) is 0 Å². The lowest BCUT2D eigenvalue weighted by Crippen LogP contribution is -2.29. The number of rotatable bonds is 8. The van der Waals surface area contributed by atoms with E-state index in [1.54, 1.807) is 0 Å². The first-order valence-corrected chi connectivity index (χ1v) is 6.12. The monoisotopic (exact) mass is 221 g/mol. The highest BCUT2D eigenvalue weighted by Crippen LogP contribution is 1.93. The first-order valence-electron chi connectivity index (χ1n) is 6.12. The van der Waals surface area contributed by atoms with Crippen LogP contribution in [0.15, 0.2) is 24.4 Å². The van der Waals surface area contributed by atoms with Crippen molar-refractivity contribution in [3.63, 3.8) is 0 Å². The molecule has 3 heteroatoms. The maximum atomic E-state index is 4.27. The first kappa shape index (κ1) is 13.1. The van der Waals surface area contributed by atoms with Gasteiger partial charge in [0.15, 0.2) is 0 Å². The molecule has 0 spiro atoms. The summed E-state index contributed by atoms with van der Waals surface area (Å²) in [6.07, 6.45) is 4.40. The van der Waals surface area contributed by atoms with Gasteiger partial charge >= 0.3 is 0 Å². The third-order valence-corrected chi connectivity index (χ3v) is 2.60. The van der Waals surface area contributed by atoms with Crippen LogP contribution in [0.25, 0.3) is 0 Å². The molecule has 0 fully saturated rings. The highest BCUT2D eigenvalue weighted by molar-refractivity contribution is 5.02. The number of aromatic nitrogens is 1. The van der Waals surface area contributed by atoms with Gasteiger partial charge in [0.25, 0.3) is 0 Å². The van der Waals surface area contributed by atoms with Crippen molar-refractivity contribution in [3.05, 3.63) is 30.1 Å². The molecule has 1 N–H and O–H groups in total. The normalized spacial score (nSPS) is 10.9. The van der Waals surface area contributed by atoms with Gasteiger partial charge in [0, 0.05) is 25.8 Å². The second-order valence-corrected chi connectivity index (χ2v) is 4.15. The van der Waals surface area contributed by atoms with E-state index in [2.05, 4.69) is 29.2 Å². The van der Waals surface area contributed by atoms with E-state index >= 15 is 0 Å². The van der Waals surface area contributed by atoms with Gasteiger partial charge in [0.1, 0.15) is 0 Å². The number of hydrogen-bond donors (Lipinski definition) is 1. The fraction of sp³-hybridized carbons (Fsp3) is 0.615. The Morgan fingerprint density at radius 1 is 1.31 bits per heavy atom. The van der Waals surface area contributed by atoms with Gasteiger partial charge < -0.3 is 10.2 Å². The van der Waals surface area contributed by atoms with Crippen LogP contribution in [0.1, 0.15) is 25.5 Å². The molecule has 0 aliphatic carbocycles. The Hall–Kier alpha value is -0.930. The van der Waals surface area contributed by atoms with Crippen LogP contribution in [0.5, 0.6) is 0 Å². The Kier molecular flexibility index (Phi) is 6.77. The zero-order chi connectivity index (χ0) is 11.6. The van der Waals surface area contributed by atoms with E-state index in [0.29, 0.717) is 0 Å². The highest BCUT2D eigenvalue weighted by atomic mass is 15.1. The molecule has 1 heterocycles. The maximum Gasteiger partial charge on any atom is 0.0541 e. The molecule has 0 aliphatic heterocycles. The molecule has 0 radical (unpaired) electrons. The van der Waals surface area contributed by atoms with Crippen LogP contribution in [0.3, 0.4) is 0 Å². The van der Waals surface area contributed by atoms with Gasteiger partial charge in [0.2, 0.25) is 0 Å². The zero-order valence-corrected chi connectivity index (χ0v) is 10.4. The molecule has 0 aliphatic rings. The number of nitrogens with one attached hydrogen (secondary N) is 1. The Labute approximate surface area is 98.9 Å². The number of hydrogen-bond acceptors (Lipinski definition) is 3. The van der Waals surface area contributed by atoms with E-state index in [4.69, 9.17) is 0 Å². The number of unbranched alkanes of at least 4 members (excludes halogenated alkanes) is 1. The number of pyridine rings is 1. The lowest BCUT2D eigenvalue weighted by Gasteiger charge is -2.16. The third-order valence-electron chi connectivity index (χ3n) is 2.60. The van der Waals surface area contributed by atoms with Crippen molar-refractivity contribution in [2.75, 3.05) is 26.7 Å². The summed E-state index contributed by atoms with van der Waals surface area (Å²) in [5.41, 5.74) is 1.11. The molecular formula is C13H23N3. The van der Waals surface area contributed by atoms with Crippen molar-refractivity contribution < 1.29 is 0 Å². The van der Waals surface area contributed by atoms with Gasteiger partial charge in [-0.05, 0) is 32.1 Å². The molecule has 3 nitrogen and oxygen atoms in total. The van der Waals surface area contributed by atoms with Crippen LogP contribution >= 0.6 is 0 Å². The predicted octanol–water partition coefficient (Wildman–Crippen LogP) is 1.90. The quantitative estimate of drug-likeness (QED) is 0.680. The van der Waals surface area contributed by atoms with Crippen molar-refractivity contribution in [2.24, 2.45) is 0 Å². The standard InChI is InChI=1S/C13H23N3/c1-3-4-10-16(2)11-9-14-12-13-7-5-6-8-15-13/h5-8,14H,3-4,9-12H2,1-2H3. The van der Waals surface area contributed by atoms with Gasteiger partial charge in [-0.2, -0.15) is 0 Å². The predicted molar refractivity (Wildman–Crippen MR) is 68.3 cm³/mol. The minimum Gasteiger partial charge on any atom is -0.310 e. The van der Waals surface area contributed by atoms with Crippen molar-refractivity contribution in [2.45, 2.75) is 26.3 Å². The lowest BCUT2D eigenvalue weighted by molar-refractivity contribution is 0.325. The largest absolute Gasteiger partial charge is 0.310 e. The summed E-state index contributed by atoms with van der Waals surface area (Å²) in [5.74, 6) is 0. The van der Waals surface area contributed by atoms with E-state index in [9.17, 15) is 0 Å². The Morgan fingerprint density at radius 2 is 2.19 bits per heavy atom. The Bertz CT molecular complexity index is 261. The van der Waals surface area contributed by atoms with Crippen molar-refractivity contribution >= 4 is 0 Å². The summed E-state index contributed by atoms with van der Waals surface area (Å²) in [5, 5.41) is 3.40. The Balaban J connectivity index is 2.03. The zero-order valence-electron chi connectivity index (χ0n) is 10.4. The van der Waals surface area contributed by atoms with E-state index in [1.165, 1.54) is 19.4 Å². The molecule has 90 valence electrons. The smallest absolute Gasteiger partial charge is 0.0541 e. The van der Waals surface area contributed by atoms with E-state index < -0.39 is 0 Å². The second kappa shape index (κ2) is 8.25. The molecule has 0 aromatic carbocycles. The molecule has 0 saturated heterocycles.